The van der Waals surface area contributed by atoms with Gasteiger partial charge in [0.05, 0.1) is 17.9 Å². The first-order chi connectivity index (χ1) is 10.9. The molecular formula is C20H14N2. The summed E-state index contributed by atoms with van der Waals surface area (Å²) >= 11 is 0. The molecule has 2 nitrogen and oxygen atoms in total. The van der Waals surface area contributed by atoms with E-state index in [1.807, 2.05) is 6.21 Å². The average Bonchev–Trinajstić information content (AvgIpc) is 2.56. The van der Waals surface area contributed by atoms with Gasteiger partial charge in [-0.2, -0.15) is 0 Å². The molecule has 5 rings (SSSR count). The highest BCUT2D eigenvalue weighted by Gasteiger charge is 2.08. The lowest BCUT2D eigenvalue weighted by Crippen LogP contribution is -2.06. The second kappa shape index (κ2) is 4.31. The minimum atomic E-state index is 0.802. The van der Waals surface area contributed by atoms with Crippen LogP contribution in [0, 0.1) is 0 Å². The van der Waals surface area contributed by atoms with Gasteiger partial charge in [0.1, 0.15) is 0 Å². The van der Waals surface area contributed by atoms with Crippen molar-refractivity contribution in [1.29, 1.82) is 0 Å². The van der Waals surface area contributed by atoms with E-state index in [4.69, 9.17) is 0 Å². The van der Waals surface area contributed by atoms with Gasteiger partial charge >= 0.3 is 0 Å². The van der Waals surface area contributed by atoms with E-state index in [1.165, 1.54) is 32.3 Å². The molecule has 0 aromatic heterocycles. The normalized spacial score (nSPS) is 13.5. The van der Waals surface area contributed by atoms with Gasteiger partial charge in [0.2, 0.25) is 0 Å². The molecular weight excluding hydrogens is 268 g/mol. The largest absolute Gasteiger partial charge is 0.378 e. The number of hydrogen-bond donors (Lipinski definition) is 1. The molecule has 4 aromatic rings. The average molecular weight is 282 g/mol. The smallest absolute Gasteiger partial charge is 0.0864 e. The lowest BCUT2D eigenvalue weighted by Gasteiger charge is -2.14. The van der Waals surface area contributed by atoms with E-state index in [2.05, 4.69) is 71.0 Å². The molecule has 4 aromatic carbocycles. The lowest BCUT2D eigenvalue weighted by atomic mass is 9.99. The molecule has 0 saturated heterocycles. The first kappa shape index (κ1) is 11.8. The van der Waals surface area contributed by atoms with Crippen LogP contribution in [0.1, 0.15) is 0 Å². The Kier molecular flexibility index (Phi) is 2.30. The Bertz CT molecular complexity index is 1080. The summed E-state index contributed by atoms with van der Waals surface area (Å²) in [5.41, 5.74) is 2.15. The molecule has 1 aliphatic heterocycles. The van der Waals surface area contributed by atoms with Crippen LogP contribution in [0.15, 0.2) is 65.7 Å². The topological polar surface area (TPSA) is 24.4 Å². The number of benzene rings is 4. The molecule has 1 N–H and O–H groups in total. The maximum Gasteiger partial charge on any atom is 0.0864 e. The molecule has 0 spiro atoms. The van der Waals surface area contributed by atoms with E-state index in [-0.39, 0.29) is 0 Å². The van der Waals surface area contributed by atoms with E-state index in [9.17, 15) is 0 Å². The van der Waals surface area contributed by atoms with Gasteiger partial charge < -0.3 is 5.32 Å². The van der Waals surface area contributed by atoms with Crippen LogP contribution < -0.4 is 5.32 Å². The number of nitrogens with one attached hydrogen (secondary N) is 1. The Balaban J connectivity index is 1.87. The molecule has 0 unspecified atom stereocenters. The summed E-state index contributed by atoms with van der Waals surface area (Å²) in [6.07, 6.45) is 1.92. The standard InChI is InChI=1S/C20H14N2/c1-2-4-14-8-16-10-18-12-20-19(21-5-6-22-20)11-17(18)9-15(16)7-13(14)3-1/h1-5,7-12,22H,6H2. The molecule has 0 amide bonds. The van der Waals surface area contributed by atoms with E-state index in [0.29, 0.717) is 0 Å². The number of hydrogen-bond acceptors (Lipinski definition) is 2. The Hall–Kier alpha value is -2.87. The molecule has 0 saturated carbocycles. The lowest BCUT2D eigenvalue weighted by molar-refractivity contribution is 1.35. The summed E-state index contributed by atoms with van der Waals surface area (Å²) in [5, 5.41) is 11.0. The third kappa shape index (κ3) is 1.70. The molecule has 1 heterocycles. The molecule has 104 valence electrons. The van der Waals surface area contributed by atoms with Crippen molar-refractivity contribution < 1.29 is 0 Å². The van der Waals surface area contributed by atoms with E-state index < -0.39 is 0 Å². The Morgan fingerprint density at radius 1 is 0.682 bits per heavy atom. The summed E-state index contributed by atoms with van der Waals surface area (Å²) in [6.45, 7) is 0.802. The monoisotopic (exact) mass is 282 g/mol. The first-order valence-electron chi connectivity index (χ1n) is 7.54. The zero-order valence-corrected chi connectivity index (χ0v) is 12.0. The highest BCUT2D eigenvalue weighted by Crippen LogP contribution is 2.34. The minimum Gasteiger partial charge on any atom is -0.378 e. The van der Waals surface area contributed by atoms with Crippen LogP contribution in [-0.2, 0) is 0 Å². The van der Waals surface area contributed by atoms with Crippen molar-refractivity contribution in [2.45, 2.75) is 0 Å². The molecule has 1 aliphatic rings. The summed E-state index contributed by atoms with van der Waals surface area (Å²) in [6, 6.07) is 22.0. The van der Waals surface area contributed by atoms with Gasteiger partial charge in [-0.15, -0.1) is 0 Å². The minimum absolute atomic E-state index is 0.802. The molecule has 0 radical (unpaired) electrons. The number of anilines is 1. The fourth-order valence-corrected chi connectivity index (χ4v) is 3.28. The molecule has 0 atom stereocenters. The highest BCUT2D eigenvalue weighted by molar-refractivity contribution is 6.06. The third-order valence-corrected chi connectivity index (χ3v) is 4.39. The Morgan fingerprint density at radius 3 is 2.00 bits per heavy atom. The summed E-state index contributed by atoms with van der Waals surface area (Å²) in [4.78, 5) is 4.49. The van der Waals surface area contributed by atoms with Crippen LogP contribution in [0.2, 0.25) is 0 Å². The number of rotatable bonds is 0. The van der Waals surface area contributed by atoms with Crippen LogP contribution >= 0.6 is 0 Å². The van der Waals surface area contributed by atoms with E-state index in [0.717, 1.165) is 17.9 Å². The van der Waals surface area contributed by atoms with Crippen molar-refractivity contribution in [3.05, 3.63) is 60.7 Å². The molecule has 0 bridgehead atoms. The maximum atomic E-state index is 4.49. The van der Waals surface area contributed by atoms with Crippen molar-refractivity contribution in [2.75, 3.05) is 11.9 Å². The second-order valence-corrected chi connectivity index (χ2v) is 5.81. The molecule has 2 heteroatoms. The SMILES string of the molecule is C1=Nc2cc3cc4cc5ccccc5cc4cc3cc2NC1. The van der Waals surface area contributed by atoms with Crippen molar-refractivity contribution in [2.24, 2.45) is 4.99 Å². The maximum absolute atomic E-state index is 4.49. The van der Waals surface area contributed by atoms with Crippen molar-refractivity contribution in [3.63, 3.8) is 0 Å². The quantitative estimate of drug-likeness (QED) is 0.436. The third-order valence-electron chi connectivity index (χ3n) is 4.39. The van der Waals surface area contributed by atoms with Gasteiger partial charge in [-0.3, -0.25) is 4.99 Å². The van der Waals surface area contributed by atoms with Gasteiger partial charge in [0.25, 0.3) is 0 Å². The summed E-state index contributed by atoms with van der Waals surface area (Å²) in [5.74, 6) is 0. The van der Waals surface area contributed by atoms with Gasteiger partial charge in [-0.25, -0.2) is 0 Å². The van der Waals surface area contributed by atoms with Gasteiger partial charge in [-0.1, -0.05) is 24.3 Å². The number of nitrogens with zero attached hydrogens (tertiary/aromatic N) is 1. The number of aliphatic imine (C=N–C) groups is 1. The molecule has 22 heavy (non-hydrogen) atoms. The van der Waals surface area contributed by atoms with E-state index >= 15 is 0 Å². The summed E-state index contributed by atoms with van der Waals surface area (Å²) < 4.78 is 0. The molecule has 0 fully saturated rings. The second-order valence-electron chi connectivity index (χ2n) is 5.81. The first-order valence-corrected chi connectivity index (χ1v) is 7.54. The highest BCUT2D eigenvalue weighted by atomic mass is 15.0. The van der Waals surface area contributed by atoms with Gasteiger partial charge in [-0.05, 0) is 68.7 Å². The fourth-order valence-electron chi connectivity index (χ4n) is 3.28. The van der Waals surface area contributed by atoms with Gasteiger partial charge in [0.15, 0.2) is 0 Å². The van der Waals surface area contributed by atoms with Gasteiger partial charge in [0, 0.05) is 6.21 Å². The van der Waals surface area contributed by atoms with Crippen LogP contribution in [0.25, 0.3) is 32.3 Å². The predicted molar refractivity (Wildman–Crippen MR) is 95.6 cm³/mol. The van der Waals surface area contributed by atoms with Crippen molar-refractivity contribution >= 4 is 49.9 Å². The summed E-state index contributed by atoms with van der Waals surface area (Å²) in [7, 11) is 0. The van der Waals surface area contributed by atoms with Crippen molar-refractivity contribution in [1.82, 2.24) is 0 Å². The van der Waals surface area contributed by atoms with Crippen LogP contribution in [0.5, 0.6) is 0 Å². The van der Waals surface area contributed by atoms with Crippen molar-refractivity contribution in [3.8, 4) is 0 Å². The zero-order valence-electron chi connectivity index (χ0n) is 12.0. The number of fused-ring (bicyclic) bond motifs is 4. The van der Waals surface area contributed by atoms with Crippen LogP contribution in [0.3, 0.4) is 0 Å². The van der Waals surface area contributed by atoms with Crippen LogP contribution in [-0.4, -0.2) is 12.8 Å². The zero-order chi connectivity index (χ0) is 14.5. The fraction of sp³-hybridized carbons (Fsp3) is 0.0500. The van der Waals surface area contributed by atoms with E-state index in [1.54, 1.807) is 0 Å². The predicted octanol–water partition coefficient (Wildman–Crippen LogP) is 5.27. The Morgan fingerprint density at radius 2 is 1.27 bits per heavy atom. The Labute approximate surface area is 128 Å². The molecule has 0 aliphatic carbocycles. The van der Waals surface area contributed by atoms with Crippen LogP contribution in [0.4, 0.5) is 11.4 Å².